The van der Waals surface area contributed by atoms with Gasteiger partial charge in [0, 0.05) is 149 Å². The molecule has 32 heteroatoms. The Balaban J connectivity index is 0.0000169. The van der Waals surface area contributed by atoms with E-state index in [4.69, 9.17) is 4.74 Å². The number of H-pyrrole nitrogens is 1. The number of aryl methyl sites for hydroxylation is 3. The van der Waals surface area contributed by atoms with Crippen LogP contribution in [0.3, 0.4) is 0 Å². The molecule has 1 aliphatic rings. The zero-order valence-corrected chi connectivity index (χ0v) is 54.4. The molecule has 2 aromatic heterocycles. The number of anilines is 1. The molecule has 89 heavy (non-hydrogen) atoms. The number of carboxylic acids is 3. The number of aliphatic hydroxyl groups is 1. The minimum atomic E-state index is -4.51. The third kappa shape index (κ3) is 24.2. The smallest absolute Gasteiger partial charge is 0.323 e. The van der Waals surface area contributed by atoms with Gasteiger partial charge in [-0.25, -0.2) is 13.4 Å². The van der Waals surface area contributed by atoms with Crippen LogP contribution in [-0.2, 0) is 89.9 Å². The number of hydrogen-bond donors (Lipinski definition) is 12. The van der Waals surface area contributed by atoms with Gasteiger partial charge in [0.15, 0.2) is 5.95 Å². The van der Waals surface area contributed by atoms with Crippen molar-refractivity contribution in [3.63, 3.8) is 0 Å². The molecule has 5 rings (SSSR count). The molecule has 0 saturated carbocycles. The minimum Gasteiger partial charge on any atom is -0.512 e. The molecular formula is C57H82N14O16SY. The van der Waals surface area contributed by atoms with Gasteiger partial charge in [-0.1, -0.05) is 26.5 Å². The molecule has 1 unspecified atom stereocenters. The number of nitrogens with one attached hydrogen (secondary N) is 8. The maximum absolute atomic E-state index is 13.7. The molecule has 5 amide bonds. The van der Waals surface area contributed by atoms with Crippen molar-refractivity contribution >= 4 is 74.3 Å². The van der Waals surface area contributed by atoms with E-state index >= 15 is 0 Å². The summed E-state index contributed by atoms with van der Waals surface area (Å²) < 4.78 is 36.9. The number of benzene rings is 2. The molecule has 0 aliphatic carbocycles. The number of hydrogen-bond acceptors (Lipinski definition) is 19. The Kier molecular flexibility index (Phi) is 30.2. The van der Waals surface area contributed by atoms with Gasteiger partial charge in [0.1, 0.15) is 29.4 Å². The first-order chi connectivity index (χ1) is 41.8. The van der Waals surface area contributed by atoms with Crippen molar-refractivity contribution in [2.75, 3.05) is 110 Å². The predicted molar refractivity (Wildman–Crippen MR) is 323 cm³/mol. The molecule has 12 N–H and O–H groups in total. The fraction of sp³-hybridized carbons (Fsp3) is 0.509. The molecule has 0 spiro atoms. The Morgan fingerprint density at radius 2 is 1.29 bits per heavy atom. The van der Waals surface area contributed by atoms with Gasteiger partial charge < -0.3 is 66.6 Å². The number of pyridine rings is 1. The van der Waals surface area contributed by atoms with Crippen LogP contribution in [0.15, 0.2) is 71.0 Å². The molecule has 0 bridgehead atoms. The minimum absolute atomic E-state index is 0. The van der Waals surface area contributed by atoms with Crippen LogP contribution >= 0.6 is 0 Å². The molecule has 4 aromatic rings. The SMILES string of the molecule is C=C(O)CN1CCN(CC(=O)O)CCN(CC(=O)N[C@@H](CC)C(=O)N[C@@H](CC)C(=O)NCCNC(=O)CCCOc2cc(C)c(S(=O)(=O)NC(CNC(=O)c3cn(C)c4cc(CNc5ncc[nH]5)ccc4c3=O)C(=O)O)c(C)c2)CCN(CC(=O)O)CC1.[Y]. The number of sulfonamides is 1. The van der Waals surface area contributed by atoms with Crippen LogP contribution in [0.4, 0.5) is 5.95 Å². The van der Waals surface area contributed by atoms with Crippen LogP contribution in [0, 0.1) is 13.8 Å². The number of amides is 5. The summed E-state index contributed by atoms with van der Waals surface area (Å²) in [5, 5.41) is 55.5. The number of fused-ring (bicyclic) bond motifs is 1. The van der Waals surface area contributed by atoms with Crippen molar-refractivity contribution in [2.45, 2.75) is 82.9 Å². The summed E-state index contributed by atoms with van der Waals surface area (Å²) in [6.45, 7) is 11.4. The van der Waals surface area contributed by atoms with Crippen molar-refractivity contribution in [1.29, 1.82) is 0 Å². The molecule has 3 heterocycles. The zero-order valence-electron chi connectivity index (χ0n) is 50.8. The third-order valence-corrected chi connectivity index (χ3v) is 16.1. The summed E-state index contributed by atoms with van der Waals surface area (Å²) in [5.74, 6) is -5.82. The van der Waals surface area contributed by atoms with Gasteiger partial charge in [-0.2, -0.15) is 4.72 Å². The molecular weight excluding hydrogens is 1260 g/mol. The van der Waals surface area contributed by atoms with Crippen LogP contribution in [0.25, 0.3) is 10.9 Å². The molecule has 1 radical (unpaired) electrons. The van der Waals surface area contributed by atoms with Gasteiger partial charge in [-0.05, 0) is 74.1 Å². The number of imidazole rings is 1. The zero-order chi connectivity index (χ0) is 64.7. The monoisotopic (exact) mass is 1340 g/mol. The Bertz CT molecular complexity index is 3240. The number of aliphatic hydroxyl groups excluding tert-OH is 1. The summed E-state index contributed by atoms with van der Waals surface area (Å²) in [5.41, 5.74) is 0.920. The number of nitrogens with zero attached hydrogens (tertiary/aromatic N) is 6. The Hall–Kier alpha value is -7.39. The number of carbonyl (C=O) groups excluding carboxylic acids is 5. The van der Waals surface area contributed by atoms with E-state index in [1.54, 1.807) is 70.8 Å². The first kappa shape index (κ1) is 74.1. The molecule has 1 fully saturated rings. The van der Waals surface area contributed by atoms with Crippen LogP contribution in [-0.4, -0.2) is 233 Å². The second kappa shape index (κ2) is 36.3. The quantitative estimate of drug-likeness (QED) is 0.0212. The largest absolute Gasteiger partial charge is 0.512 e. The Morgan fingerprint density at radius 3 is 1.83 bits per heavy atom. The molecule has 3 atom stereocenters. The van der Waals surface area contributed by atoms with Crippen molar-refractivity contribution in [3.05, 3.63) is 93.7 Å². The van der Waals surface area contributed by atoms with E-state index < -0.39 is 81.7 Å². The van der Waals surface area contributed by atoms with Crippen LogP contribution in [0.5, 0.6) is 5.75 Å². The fourth-order valence-electron chi connectivity index (χ4n) is 9.78. The van der Waals surface area contributed by atoms with E-state index in [1.165, 1.54) is 32.2 Å². The number of carboxylic acid groups (broad SMARTS) is 3. The van der Waals surface area contributed by atoms with E-state index in [-0.39, 0.29) is 175 Å². The number of ether oxygens (including phenoxy) is 1. The number of aromatic amines is 1. The van der Waals surface area contributed by atoms with Crippen molar-refractivity contribution in [2.24, 2.45) is 7.05 Å². The van der Waals surface area contributed by atoms with Gasteiger partial charge in [0.25, 0.3) is 5.91 Å². The first-order valence-electron chi connectivity index (χ1n) is 28.7. The van der Waals surface area contributed by atoms with Crippen molar-refractivity contribution < 1.29 is 105 Å². The van der Waals surface area contributed by atoms with Crippen molar-refractivity contribution in [3.8, 4) is 5.75 Å². The second-order valence-corrected chi connectivity index (χ2v) is 22.9. The maximum Gasteiger partial charge on any atom is 0.323 e. The van der Waals surface area contributed by atoms with Gasteiger partial charge in [0.2, 0.25) is 39.1 Å². The van der Waals surface area contributed by atoms with Crippen molar-refractivity contribution in [1.82, 2.24) is 65.4 Å². The van der Waals surface area contributed by atoms with Gasteiger partial charge in [-0.3, -0.25) is 62.8 Å². The number of carbonyl (C=O) groups is 8. The standard InChI is InChI=1S/C57H82N14O16S.Y/c1-7-43(65-55(82)44(8-2)64-48(74)33-69-19-23-70(34-49(75)76)21-17-68(31-38(5)72)18-22-71(24-20-69)35-50(77)78)54(81)59-14-13-58-47(73)10-9-25-87-40-26-36(3)52(37(4)27-40)88(85,86)66-45(56(83)84)30-62-53(80)42-32-67(6)46-28-39(11-12-41(46)51(42)79)29-63-57-60-15-16-61-57;/h11-12,15-16,26-28,32,43-45,66,72H,5,7-10,13-14,17-25,29-31,33-35H2,1-4,6H3,(H,58,73)(H,59,81)(H,62,80)(H,64,74)(H,65,82)(H,75,76)(H,77,78)(H,83,84)(H2,60,61,63);/t43-,44-,45?;/m0./s1. The first-order valence-corrected chi connectivity index (χ1v) is 30.2. The Labute approximate surface area is 540 Å². The molecule has 30 nitrogen and oxygen atoms in total. The molecule has 2 aromatic carbocycles. The average molecular weight is 1340 g/mol. The average Bonchev–Trinajstić information content (AvgIpc) is 2.82. The second-order valence-electron chi connectivity index (χ2n) is 21.3. The normalized spacial score (nSPS) is 14.9. The number of aromatic nitrogens is 3. The third-order valence-electron chi connectivity index (χ3n) is 14.3. The molecule has 1 saturated heterocycles. The van der Waals surface area contributed by atoms with E-state index in [2.05, 4.69) is 53.2 Å². The summed E-state index contributed by atoms with van der Waals surface area (Å²) in [4.78, 5) is 129. The van der Waals surface area contributed by atoms with Gasteiger partial charge in [0.05, 0.1) is 49.0 Å². The fourth-order valence-corrected chi connectivity index (χ4v) is 11.4. The number of rotatable bonds is 32. The predicted octanol–water partition coefficient (Wildman–Crippen LogP) is -0.707. The summed E-state index contributed by atoms with van der Waals surface area (Å²) in [6, 6.07) is 4.14. The van der Waals surface area contributed by atoms with Crippen LogP contribution in [0.1, 0.15) is 66.6 Å². The summed E-state index contributed by atoms with van der Waals surface area (Å²) in [6.07, 6.45) is 5.24. The summed E-state index contributed by atoms with van der Waals surface area (Å²) in [7, 11) is -2.87. The van der Waals surface area contributed by atoms with Gasteiger partial charge >= 0.3 is 17.9 Å². The van der Waals surface area contributed by atoms with E-state index in [0.29, 0.717) is 44.2 Å². The molecule has 485 valence electrons. The van der Waals surface area contributed by atoms with E-state index in [9.17, 15) is 72.0 Å². The van der Waals surface area contributed by atoms with Crippen LogP contribution < -0.4 is 46.8 Å². The maximum atomic E-state index is 13.7. The van der Waals surface area contributed by atoms with E-state index in [1.807, 2.05) is 4.90 Å². The topological polar surface area (TPSA) is 409 Å². The number of aliphatic carboxylic acids is 3. The van der Waals surface area contributed by atoms with E-state index in [0.717, 1.165) is 5.56 Å². The van der Waals surface area contributed by atoms with Gasteiger partial charge in [-0.15, -0.1) is 0 Å². The summed E-state index contributed by atoms with van der Waals surface area (Å²) >= 11 is 0. The van der Waals surface area contributed by atoms with Crippen LogP contribution in [0.2, 0.25) is 0 Å². The molecule has 1 aliphatic heterocycles. The Morgan fingerprint density at radius 1 is 0.730 bits per heavy atom.